The Morgan fingerprint density at radius 1 is 1.26 bits per heavy atom. The van der Waals surface area contributed by atoms with Crippen LogP contribution in [0.3, 0.4) is 0 Å². The van der Waals surface area contributed by atoms with Crippen LogP contribution in [0.5, 0.6) is 5.75 Å². The molecule has 2 rings (SSSR count). The second-order valence-electron chi connectivity index (χ2n) is 5.83. The molecule has 1 saturated heterocycles. The average Bonchev–Trinajstić information content (AvgIpc) is 2.97. The number of carbonyl (C=O) groups excluding carboxylic acids is 2. The van der Waals surface area contributed by atoms with E-state index in [2.05, 4.69) is 0 Å². The quantitative estimate of drug-likeness (QED) is 0.807. The Morgan fingerprint density at radius 2 is 2.00 bits per heavy atom. The van der Waals surface area contributed by atoms with E-state index in [1.807, 2.05) is 24.3 Å². The van der Waals surface area contributed by atoms with Crippen LogP contribution in [-0.2, 0) is 20.7 Å². The van der Waals surface area contributed by atoms with Crippen molar-refractivity contribution in [3.63, 3.8) is 0 Å². The number of primary amides is 1. The van der Waals surface area contributed by atoms with Crippen molar-refractivity contribution in [1.29, 1.82) is 0 Å². The Bertz CT molecular complexity index is 561. The van der Waals surface area contributed by atoms with Crippen LogP contribution in [0.15, 0.2) is 24.3 Å². The van der Waals surface area contributed by atoms with Crippen LogP contribution in [0.1, 0.15) is 12.0 Å². The topological polar surface area (TPSA) is 81.9 Å². The number of benzene rings is 1. The molecule has 0 radical (unpaired) electrons. The molecule has 23 heavy (non-hydrogen) atoms. The molecule has 2 N–H and O–H groups in total. The Morgan fingerprint density at radius 3 is 2.65 bits per heavy atom. The van der Waals surface area contributed by atoms with E-state index in [1.54, 1.807) is 19.1 Å². The smallest absolute Gasteiger partial charge is 0.222 e. The lowest BCUT2D eigenvalue weighted by Crippen LogP contribution is -2.32. The summed E-state index contributed by atoms with van der Waals surface area (Å²) < 4.78 is 10.4. The van der Waals surface area contributed by atoms with Gasteiger partial charge in [0.15, 0.2) is 0 Å². The molecule has 1 aliphatic rings. The van der Waals surface area contributed by atoms with Gasteiger partial charge in [0, 0.05) is 32.5 Å². The predicted octanol–water partition coefficient (Wildman–Crippen LogP) is 0.834. The Balaban J connectivity index is 1.94. The summed E-state index contributed by atoms with van der Waals surface area (Å²) >= 11 is 0. The van der Waals surface area contributed by atoms with E-state index in [0.717, 1.165) is 11.3 Å². The van der Waals surface area contributed by atoms with Crippen molar-refractivity contribution < 1.29 is 19.1 Å². The number of methoxy groups -OCH3 is 2. The lowest BCUT2D eigenvalue weighted by molar-refractivity contribution is -0.130. The number of likely N-dealkylation sites (tertiary alicyclic amines) is 1. The average molecular weight is 320 g/mol. The Labute approximate surface area is 136 Å². The highest BCUT2D eigenvalue weighted by Crippen LogP contribution is 2.25. The summed E-state index contributed by atoms with van der Waals surface area (Å²) in [7, 11) is 3.21. The molecular weight excluding hydrogens is 296 g/mol. The zero-order valence-electron chi connectivity index (χ0n) is 13.7. The molecule has 0 aliphatic carbocycles. The zero-order chi connectivity index (χ0) is 16.8. The minimum absolute atomic E-state index is 0.0206. The van der Waals surface area contributed by atoms with E-state index in [1.165, 1.54) is 0 Å². The van der Waals surface area contributed by atoms with Gasteiger partial charge in [-0.3, -0.25) is 9.59 Å². The highest BCUT2D eigenvalue weighted by molar-refractivity contribution is 5.81. The van der Waals surface area contributed by atoms with Crippen LogP contribution >= 0.6 is 0 Å². The third-order valence-corrected chi connectivity index (χ3v) is 4.34. The first-order valence-corrected chi connectivity index (χ1v) is 7.74. The first-order valence-electron chi connectivity index (χ1n) is 7.74. The van der Waals surface area contributed by atoms with Gasteiger partial charge in [-0.15, -0.1) is 0 Å². The van der Waals surface area contributed by atoms with Crippen molar-refractivity contribution in [2.75, 3.05) is 33.9 Å². The van der Waals surface area contributed by atoms with Gasteiger partial charge in [0.2, 0.25) is 11.8 Å². The molecule has 0 unspecified atom stereocenters. The third-order valence-electron chi connectivity index (χ3n) is 4.34. The molecule has 1 fully saturated rings. The van der Waals surface area contributed by atoms with Crippen molar-refractivity contribution >= 4 is 11.8 Å². The van der Waals surface area contributed by atoms with Crippen LogP contribution < -0.4 is 10.5 Å². The van der Waals surface area contributed by atoms with E-state index in [-0.39, 0.29) is 23.7 Å². The van der Waals surface area contributed by atoms with Crippen molar-refractivity contribution in [3.05, 3.63) is 29.8 Å². The normalized spacial score (nSPS) is 20.5. The van der Waals surface area contributed by atoms with Crippen LogP contribution in [-0.4, -0.2) is 50.6 Å². The Hall–Kier alpha value is -2.08. The molecule has 6 nitrogen and oxygen atoms in total. The molecule has 0 saturated carbocycles. The fourth-order valence-corrected chi connectivity index (χ4v) is 3.09. The standard InChI is InChI=1S/C17H24N2O4/c1-22-11-13-9-19(10-14(13)17(18)21)16(20)8-7-12-5-3-4-6-15(12)23-2/h3-6,13-14H,7-11H2,1-2H3,(H2,18,21)/t13-,14+/m0/s1. The number of para-hydroxylation sites is 1. The number of ether oxygens (including phenoxy) is 2. The van der Waals surface area contributed by atoms with Gasteiger partial charge < -0.3 is 20.1 Å². The van der Waals surface area contributed by atoms with Gasteiger partial charge in [-0.2, -0.15) is 0 Å². The fraction of sp³-hybridized carbons (Fsp3) is 0.529. The summed E-state index contributed by atoms with van der Waals surface area (Å²) in [5.74, 6) is 0.0969. The predicted molar refractivity (Wildman–Crippen MR) is 85.9 cm³/mol. The number of carbonyl (C=O) groups is 2. The molecule has 0 aromatic heterocycles. The summed E-state index contributed by atoms with van der Waals surface area (Å²) in [4.78, 5) is 25.7. The van der Waals surface area contributed by atoms with Gasteiger partial charge in [-0.1, -0.05) is 18.2 Å². The first-order chi connectivity index (χ1) is 11.1. The first kappa shape index (κ1) is 17.3. The minimum atomic E-state index is -0.368. The number of rotatable bonds is 7. The largest absolute Gasteiger partial charge is 0.496 e. The van der Waals surface area contributed by atoms with Gasteiger partial charge in [0.1, 0.15) is 5.75 Å². The minimum Gasteiger partial charge on any atom is -0.496 e. The fourth-order valence-electron chi connectivity index (χ4n) is 3.09. The van der Waals surface area contributed by atoms with Gasteiger partial charge in [0.05, 0.1) is 19.6 Å². The second-order valence-corrected chi connectivity index (χ2v) is 5.83. The maximum absolute atomic E-state index is 12.4. The van der Waals surface area contributed by atoms with Crippen LogP contribution in [0.4, 0.5) is 0 Å². The number of hydrogen-bond donors (Lipinski definition) is 1. The van der Waals surface area contributed by atoms with Crippen molar-refractivity contribution in [1.82, 2.24) is 4.90 Å². The maximum Gasteiger partial charge on any atom is 0.222 e. The maximum atomic E-state index is 12.4. The lowest BCUT2D eigenvalue weighted by Gasteiger charge is -2.16. The number of amides is 2. The zero-order valence-corrected chi connectivity index (χ0v) is 13.7. The van der Waals surface area contributed by atoms with Crippen molar-refractivity contribution in [2.24, 2.45) is 17.6 Å². The van der Waals surface area contributed by atoms with Crippen molar-refractivity contribution in [2.45, 2.75) is 12.8 Å². The van der Waals surface area contributed by atoms with E-state index in [0.29, 0.717) is 32.5 Å². The SMILES string of the molecule is COC[C@@H]1CN(C(=O)CCc2ccccc2OC)C[C@H]1C(N)=O. The van der Waals surface area contributed by atoms with Crippen LogP contribution in [0.25, 0.3) is 0 Å². The van der Waals surface area contributed by atoms with Gasteiger partial charge in [-0.25, -0.2) is 0 Å². The summed E-state index contributed by atoms with van der Waals surface area (Å²) in [5.41, 5.74) is 6.44. The molecule has 1 aliphatic heterocycles. The van der Waals surface area contributed by atoms with Gasteiger partial charge >= 0.3 is 0 Å². The number of nitrogens with zero attached hydrogens (tertiary/aromatic N) is 1. The van der Waals surface area contributed by atoms with Crippen molar-refractivity contribution in [3.8, 4) is 5.75 Å². The molecule has 2 atom stereocenters. The van der Waals surface area contributed by atoms with E-state index < -0.39 is 0 Å². The molecule has 0 bridgehead atoms. The molecule has 1 heterocycles. The monoisotopic (exact) mass is 320 g/mol. The van der Waals surface area contributed by atoms with E-state index >= 15 is 0 Å². The number of hydrogen-bond acceptors (Lipinski definition) is 4. The van der Waals surface area contributed by atoms with Crippen LogP contribution in [0, 0.1) is 11.8 Å². The van der Waals surface area contributed by atoms with E-state index in [4.69, 9.17) is 15.2 Å². The summed E-state index contributed by atoms with van der Waals surface area (Å²) in [5, 5.41) is 0. The molecule has 6 heteroatoms. The molecule has 0 spiro atoms. The number of aryl methyl sites for hydroxylation is 1. The van der Waals surface area contributed by atoms with E-state index in [9.17, 15) is 9.59 Å². The Kier molecular flexibility index (Phi) is 5.98. The summed E-state index contributed by atoms with van der Waals surface area (Å²) in [6, 6.07) is 7.66. The molecule has 1 aromatic carbocycles. The number of nitrogens with two attached hydrogens (primary N) is 1. The summed E-state index contributed by atoms with van der Waals surface area (Å²) in [6.07, 6.45) is 0.987. The lowest BCUT2D eigenvalue weighted by atomic mass is 9.96. The molecule has 2 amide bonds. The summed E-state index contributed by atoms with van der Waals surface area (Å²) in [6.45, 7) is 1.34. The molecular formula is C17H24N2O4. The van der Waals surface area contributed by atoms with Crippen LogP contribution in [0.2, 0.25) is 0 Å². The van der Waals surface area contributed by atoms with Gasteiger partial charge in [0.25, 0.3) is 0 Å². The van der Waals surface area contributed by atoms with Gasteiger partial charge in [-0.05, 0) is 18.1 Å². The molecule has 1 aromatic rings. The highest BCUT2D eigenvalue weighted by atomic mass is 16.5. The highest BCUT2D eigenvalue weighted by Gasteiger charge is 2.38. The second kappa shape index (κ2) is 7.97. The molecule has 126 valence electrons. The third kappa shape index (κ3) is 4.22.